The first-order chi connectivity index (χ1) is 12.6. The van der Waals surface area contributed by atoms with Gasteiger partial charge in [-0.1, -0.05) is 27.7 Å². The zero-order chi connectivity index (χ0) is 19.1. The van der Waals surface area contributed by atoms with E-state index in [1.807, 2.05) is 6.07 Å². The van der Waals surface area contributed by atoms with E-state index in [0.717, 1.165) is 54.2 Å². The van der Waals surface area contributed by atoms with Crippen molar-refractivity contribution in [1.82, 2.24) is 9.97 Å². The van der Waals surface area contributed by atoms with Gasteiger partial charge in [-0.25, -0.2) is 9.97 Å². The maximum atomic E-state index is 5.55. The number of anilines is 1. The van der Waals surface area contributed by atoms with Gasteiger partial charge in [0.05, 0.1) is 25.6 Å². The van der Waals surface area contributed by atoms with Crippen LogP contribution in [-0.2, 0) is 12.8 Å². The molecule has 0 aliphatic heterocycles. The Hall–Kier alpha value is -2.01. The number of rotatable bonds is 9. The molecule has 2 rings (SSSR count). The molecule has 0 amide bonds. The molecule has 6 heteroatoms. The van der Waals surface area contributed by atoms with Crippen LogP contribution in [0.2, 0.25) is 0 Å². The number of nitrogens with one attached hydrogen (secondary N) is 1. The molecular weight excluding hydrogens is 362 g/mol. The van der Waals surface area contributed by atoms with Crippen LogP contribution >= 0.6 is 12.4 Å². The van der Waals surface area contributed by atoms with Crippen LogP contribution in [0.4, 0.5) is 5.82 Å². The summed E-state index contributed by atoms with van der Waals surface area (Å²) in [4.78, 5) is 9.69. The molecule has 0 saturated heterocycles. The molecule has 5 nitrogen and oxygen atoms in total. The molecule has 1 heterocycles. The van der Waals surface area contributed by atoms with Crippen molar-refractivity contribution in [3.05, 3.63) is 29.5 Å². The SMILES string of the molecule is CCc1cc(OC)ccc1-c1nc(OC)c(NC(CC)CC)nc1CC.Cl. The summed E-state index contributed by atoms with van der Waals surface area (Å²) in [5.41, 5.74) is 4.14. The minimum atomic E-state index is 0. The summed E-state index contributed by atoms with van der Waals surface area (Å²) in [5.74, 6) is 2.13. The van der Waals surface area contributed by atoms with Gasteiger partial charge in [0.1, 0.15) is 5.75 Å². The summed E-state index contributed by atoms with van der Waals surface area (Å²) in [5, 5.41) is 3.48. The molecule has 27 heavy (non-hydrogen) atoms. The Morgan fingerprint density at radius 3 is 2.19 bits per heavy atom. The zero-order valence-electron chi connectivity index (χ0n) is 17.3. The predicted molar refractivity (Wildman–Crippen MR) is 115 cm³/mol. The molecule has 0 saturated carbocycles. The molecule has 0 fully saturated rings. The Kier molecular flexibility index (Phi) is 9.36. The summed E-state index contributed by atoms with van der Waals surface area (Å²) in [6.07, 6.45) is 3.76. The summed E-state index contributed by atoms with van der Waals surface area (Å²) in [6, 6.07) is 6.47. The average molecular weight is 394 g/mol. The normalized spacial score (nSPS) is 10.5. The highest BCUT2D eigenvalue weighted by atomic mass is 35.5. The fourth-order valence-electron chi connectivity index (χ4n) is 3.06. The van der Waals surface area contributed by atoms with Crippen molar-refractivity contribution in [2.75, 3.05) is 19.5 Å². The molecule has 0 aliphatic rings. The molecule has 2 aromatic rings. The molecule has 0 aliphatic carbocycles. The lowest BCUT2D eigenvalue weighted by molar-refractivity contribution is 0.397. The molecule has 0 bridgehead atoms. The Bertz CT molecular complexity index is 734. The van der Waals surface area contributed by atoms with Crippen LogP contribution in [0.25, 0.3) is 11.3 Å². The number of aryl methyl sites for hydroxylation is 2. The van der Waals surface area contributed by atoms with Crippen LogP contribution in [0.5, 0.6) is 11.6 Å². The molecule has 1 N–H and O–H groups in total. The number of halogens is 1. The molecule has 1 aromatic carbocycles. The van der Waals surface area contributed by atoms with Crippen molar-refractivity contribution in [3.8, 4) is 22.9 Å². The fraction of sp³-hybridized carbons (Fsp3) is 0.524. The zero-order valence-corrected chi connectivity index (χ0v) is 18.1. The van der Waals surface area contributed by atoms with Gasteiger partial charge < -0.3 is 14.8 Å². The van der Waals surface area contributed by atoms with Crippen LogP contribution in [0, 0.1) is 0 Å². The van der Waals surface area contributed by atoms with Gasteiger partial charge in [0, 0.05) is 11.6 Å². The first-order valence-corrected chi connectivity index (χ1v) is 9.50. The molecule has 0 radical (unpaired) electrons. The standard InChI is InChI=1S/C21H31N3O2.ClH/c1-7-14-13-16(25-5)11-12-17(14)19-18(10-4)23-20(21(24-19)26-6)22-15(8-2)9-3;/h11-13,15H,7-10H2,1-6H3,(H,22,23);1H. The van der Waals surface area contributed by atoms with E-state index < -0.39 is 0 Å². The maximum Gasteiger partial charge on any atom is 0.257 e. The first kappa shape index (κ1) is 23.0. The summed E-state index contributed by atoms with van der Waals surface area (Å²) >= 11 is 0. The molecule has 150 valence electrons. The molecular formula is C21H32ClN3O2. The van der Waals surface area contributed by atoms with Crippen LogP contribution < -0.4 is 14.8 Å². The number of aromatic nitrogens is 2. The molecule has 0 unspecified atom stereocenters. The summed E-state index contributed by atoms with van der Waals surface area (Å²) < 4.78 is 10.9. The average Bonchev–Trinajstić information content (AvgIpc) is 2.70. The second kappa shape index (κ2) is 11.0. The molecule has 0 atom stereocenters. The minimum Gasteiger partial charge on any atom is -0.497 e. The lowest BCUT2D eigenvalue weighted by Crippen LogP contribution is -2.19. The van der Waals surface area contributed by atoms with E-state index in [9.17, 15) is 0 Å². The third-order valence-electron chi connectivity index (χ3n) is 4.74. The number of ether oxygens (including phenoxy) is 2. The van der Waals surface area contributed by atoms with Gasteiger partial charge >= 0.3 is 0 Å². The van der Waals surface area contributed by atoms with Crippen molar-refractivity contribution >= 4 is 18.2 Å². The highest BCUT2D eigenvalue weighted by Crippen LogP contribution is 2.33. The predicted octanol–water partition coefficient (Wildman–Crippen LogP) is 5.31. The van der Waals surface area contributed by atoms with Crippen LogP contribution in [0.3, 0.4) is 0 Å². The van der Waals surface area contributed by atoms with Gasteiger partial charge in [-0.3, -0.25) is 0 Å². The number of hydrogen-bond donors (Lipinski definition) is 1. The van der Waals surface area contributed by atoms with E-state index in [1.165, 1.54) is 5.56 Å². The highest BCUT2D eigenvalue weighted by Gasteiger charge is 2.18. The quantitative estimate of drug-likeness (QED) is 0.625. The number of methoxy groups -OCH3 is 2. The second-order valence-electron chi connectivity index (χ2n) is 6.26. The lowest BCUT2D eigenvalue weighted by Gasteiger charge is -2.20. The number of nitrogens with zero attached hydrogens (tertiary/aromatic N) is 2. The van der Waals surface area contributed by atoms with Gasteiger partial charge in [0.15, 0.2) is 5.82 Å². The van der Waals surface area contributed by atoms with E-state index in [2.05, 4.69) is 45.1 Å². The van der Waals surface area contributed by atoms with Crippen molar-refractivity contribution < 1.29 is 9.47 Å². The Morgan fingerprint density at radius 2 is 1.67 bits per heavy atom. The fourth-order valence-corrected chi connectivity index (χ4v) is 3.06. The van der Waals surface area contributed by atoms with Crippen molar-refractivity contribution in [2.45, 2.75) is 59.4 Å². The van der Waals surface area contributed by atoms with E-state index in [4.69, 9.17) is 19.4 Å². The smallest absolute Gasteiger partial charge is 0.257 e. The van der Waals surface area contributed by atoms with Crippen LogP contribution in [-0.4, -0.2) is 30.2 Å². The van der Waals surface area contributed by atoms with Gasteiger partial charge in [-0.2, -0.15) is 0 Å². The molecule has 1 aromatic heterocycles. The van der Waals surface area contributed by atoms with Crippen molar-refractivity contribution in [1.29, 1.82) is 0 Å². The lowest BCUT2D eigenvalue weighted by atomic mass is 9.99. The van der Waals surface area contributed by atoms with Crippen LogP contribution in [0.1, 0.15) is 51.8 Å². The largest absolute Gasteiger partial charge is 0.497 e. The monoisotopic (exact) mass is 393 g/mol. The number of hydrogen-bond acceptors (Lipinski definition) is 5. The van der Waals surface area contributed by atoms with Gasteiger partial charge in [-0.15, -0.1) is 12.4 Å². The Labute approximate surface area is 169 Å². The van der Waals surface area contributed by atoms with E-state index in [1.54, 1.807) is 14.2 Å². The topological polar surface area (TPSA) is 56.3 Å². The van der Waals surface area contributed by atoms with Crippen LogP contribution in [0.15, 0.2) is 18.2 Å². The van der Waals surface area contributed by atoms with E-state index in [0.29, 0.717) is 11.9 Å². The van der Waals surface area contributed by atoms with E-state index >= 15 is 0 Å². The summed E-state index contributed by atoms with van der Waals surface area (Å²) in [7, 11) is 3.33. The highest BCUT2D eigenvalue weighted by molar-refractivity contribution is 5.85. The minimum absolute atomic E-state index is 0. The van der Waals surface area contributed by atoms with E-state index in [-0.39, 0.29) is 12.4 Å². The van der Waals surface area contributed by atoms with Gasteiger partial charge in [0.25, 0.3) is 5.88 Å². The van der Waals surface area contributed by atoms with Gasteiger partial charge in [-0.05, 0) is 49.4 Å². The second-order valence-corrected chi connectivity index (χ2v) is 6.26. The maximum absolute atomic E-state index is 5.55. The van der Waals surface area contributed by atoms with Gasteiger partial charge in [0.2, 0.25) is 0 Å². The molecule has 0 spiro atoms. The Morgan fingerprint density at radius 1 is 0.963 bits per heavy atom. The Balaban J connectivity index is 0.00000364. The first-order valence-electron chi connectivity index (χ1n) is 9.50. The third-order valence-corrected chi connectivity index (χ3v) is 4.74. The third kappa shape index (κ3) is 5.25. The van der Waals surface area contributed by atoms with Crippen molar-refractivity contribution in [3.63, 3.8) is 0 Å². The summed E-state index contributed by atoms with van der Waals surface area (Å²) in [6.45, 7) is 8.58. The number of benzene rings is 1. The van der Waals surface area contributed by atoms with Crippen molar-refractivity contribution in [2.24, 2.45) is 0 Å².